The zero-order chi connectivity index (χ0) is 10.9. The molecule has 14 heavy (non-hydrogen) atoms. The van der Waals surface area contributed by atoms with Gasteiger partial charge in [0.15, 0.2) is 0 Å². The summed E-state index contributed by atoms with van der Waals surface area (Å²) in [5, 5.41) is -0.0225. The van der Waals surface area contributed by atoms with E-state index in [2.05, 4.69) is 15.9 Å². The molecule has 0 N–H and O–H groups in total. The van der Waals surface area contributed by atoms with Gasteiger partial charge in [-0.2, -0.15) is 0 Å². The zero-order valence-electron chi connectivity index (χ0n) is 6.92. The molecule has 0 radical (unpaired) electrons. The van der Waals surface area contributed by atoms with Crippen molar-refractivity contribution in [1.82, 2.24) is 0 Å². The first-order valence-corrected chi connectivity index (χ1v) is 6.82. The van der Waals surface area contributed by atoms with E-state index in [4.69, 9.17) is 27.0 Å². The van der Waals surface area contributed by atoms with Crippen molar-refractivity contribution in [2.24, 2.45) is 0 Å². The van der Waals surface area contributed by atoms with Crippen molar-refractivity contribution in [2.75, 3.05) is 7.11 Å². The van der Waals surface area contributed by atoms with Crippen LogP contribution in [0.1, 0.15) is 0 Å². The lowest BCUT2D eigenvalue weighted by Crippen LogP contribution is -1.95. The monoisotopic (exact) mass is 318 g/mol. The third kappa shape index (κ3) is 2.53. The van der Waals surface area contributed by atoms with Crippen molar-refractivity contribution in [2.45, 2.75) is 4.90 Å². The number of ether oxygens (including phenoxy) is 1. The van der Waals surface area contributed by atoms with Gasteiger partial charge in [0, 0.05) is 15.2 Å². The molecule has 0 aliphatic rings. The van der Waals surface area contributed by atoms with Crippen molar-refractivity contribution < 1.29 is 13.2 Å². The molecular weight excluding hydrogens is 315 g/mol. The third-order valence-electron chi connectivity index (χ3n) is 1.45. The van der Waals surface area contributed by atoms with Gasteiger partial charge < -0.3 is 4.74 Å². The number of benzene rings is 1. The smallest absolute Gasteiger partial charge is 0.262 e. The fourth-order valence-electron chi connectivity index (χ4n) is 0.866. The molecule has 0 heterocycles. The maximum Gasteiger partial charge on any atom is 0.262 e. The topological polar surface area (TPSA) is 43.4 Å². The molecule has 0 saturated carbocycles. The van der Waals surface area contributed by atoms with Crippen LogP contribution >= 0.6 is 38.2 Å². The van der Waals surface area contributed by atoms with Gasteiger partial charge in [-0.25, -0.2) is 8.42 Å². The molecule has 0 amide bonds. The van der Waals surface area contributed by atoms with Crippen LogP contribution in [0.15, 0.2) is 21.5 Å². The van der Waals surface area contributed by atoms with Crippen LogP contribution < -0.4 is 4.74 Å². The molecule has 1 aromatic carbocycles. The van der Waals surface area contributed by atoms with Gasteiger partial charge in [0.1, 0.15) is 15.7 Å². The summed E-state index contributed by atoms with van der Waals surface area (Å²) in [7, 11) is 2.71. The third-order valence-corrected chi connectivity index (χ3v) is 3.76. The molecule has 3 nitrogen and oxygen atoms in total. The summed E-state index contributed by atoms with van der Waals surface area (Å²) in [6.07, 6.45) is 0. The van der Waals surface area contributed by atoms with E-state index in [1.807, 2.05) is 0 Å². The minimum atomic E-state index is -3.86. The van der Waals surface area contributed by atoms with E-state index in [9.17, 15) is 8.42 Å². The largest absolute Gasteiger partial charge is 0.495 e. The van der Waals surface area contributed by atoms with Gasteiger partial charge >= 0.3 is 0 Å². The SMILES string of the molecule is COc1cc(Br)cc(S(=O)(=O)Cl)c1Cl. The van der Waals surface area contributed by atoms with E-state index in [1.54, 1.807) is 6.07 Å². The first-order chi connectivity index (χ1) is 6.36. The predicted octanol–water partition coefficient (Wildman–Crippen LogP) is 3.04. The molecule has 0 atom stereocenters. The van der Waals surface area contributed by atoms with E-state index in [-0.39, 0.29) is 15.7 Å². The maximum absolute atomic E-state index is 11.1. The predicted molar refractivity (Wildman–Crippen MR) is 58.7 cm³/mol. The van der Waals surface area contributed by atoms with Gasteiger partial charge in [0.05, 0.1) is 7.11 Å². The van der Waals surface area contributed by atoms with E-state index in [0.717, 1.165) is 0 Å². The van der Waals surface area contributed by atoms with Crippen LogP contribution in [-0.2, 0) is 9.05 Å². The lowest BCUT2D eigenvalue weighted by molar-refractivity contribution is 0.413. The number of hydrogen-bond donors (Lipinski definition) is 0. The van der Waals surface area contributed by atoms with Gasteiger partial charge in [0.25, 0.3) is 9.05 Å². The maximum atomic E-state index is 11.1. The van der Waals surface area contributed by atoms with Gasteiger partial charge in [0.2, 0.25) is 0 Å². The summed E-state index contributed by atoms with van der Waals surface area (Å²) in [5.74, 6) is 0.250. The Hall–Kier alpha value is 0.0300. The van der Waals surface area contributed by atoms with E-state index in [0.29, 0.717) is 4.47 Å². The Balaban J connectivity index is 3.53. The number of methoxy groups -OCH3 is 1. The van der Waals surface area contributed by atoms with Crippen molar-refractivity contribution in [3.8, 4) is 5.75 Å². The standard InChI is InChI=1S/C7H5BrCl2O3S/c1-13-5-2-4(8)3-6(7(5)9)14(10,11)12/h2-3H,1H3. The molecule has 0 aliphatic heterocycles. The summed E-state index contributed by atoms with van der Waals surface area (Å²) in [6.45, 7) is 0. The average Bonchev–Trinajstić information content (AvgIpc) is 2.06. The van der Waals surface area contributed by atoms with E-state index < -0.39 is 9.05 Å². The first kappa shape index (κ1) is 12.1. The summed E-state index contributed by atoms with van der Waals surface area (Å²) < 4.78 is 27.6. The second kappa shape index (κ2) is 4.26. The van der Waals surface area contributed by atoms with E-state index in [1.165, 1.54) is 13.2 Å². The Bertz CT molecular complexity index is 458. The number of halogens is 3. The molecule has 0 saturated heterocycles. The average molecular weight is 320 g/mol. The molecule has 78 valence electrons. The van der Waals surface area contributed by atoms with Crippen LogP contribution in [0.4, 0.5) is 0 Å². The van der Waals surface area contributed by atoms with Gasteiger partial charge in [-0.05, 0) is 12.1 Å². The summed E-state index contributed by atoms with van der Waals surface area (Å²) in [5.41, 5.74) is 0. The highest BCUT2D eigenvalue weighted by Crippen LogP contribution is 2.36. The normalized spacial score (nSPS) is 11.4. The van der Waals surface area contributed by atoms with E-state index >= 15 is 0 Å². The molecule has 0 aliphatic carbocycles. The Labute approximate surface area is 99.5 Å². The van der Waals surface area contributed by atoms with Crippen LogP contribution in [0.2, 0.25) is 5.02 Å². The van der Waals surface area contributed by atoms with Crippen molar-refractivity contribution in [1.29, 1.82) is 0 Å². The summed E-state index contributed by atoms with van der Waals surface area (Å²) in [4.78, 5) is -0.174. The number of hydrogen-bond acceptors (Lipinski definition) is 3. The molecular formula is C7H5BrCl2O3S. The first-order valence-electron chi connectivity index (χ1n) is 3.34. The van der Waals surface area contributed by atoms with Crippen LogP contribution in [0.25, 0.3) is 0 Å². The Kier molecular flexibility index (Phi) is 3.69. The fourth-order valence-corrected chi connectivity index (χ4v) is 3.01. The molecule has 0 spiro atoms. The second-order valence-corrected chi connectivity index (χ2v) is 6.19. The number of rotatable bonds is 2. The lowest BCUT2D eigenvalue weighted by atomic mass is 10.3. The van der Waals surface area contributed by atoms with Gasteiger partial charge in [-0.1, -0.05) is 27.5 Å². The molecule has 7 heteroatoms. The van der Waals surface area contributed by atoms with Crippen molar-refractivity contribution >= 4 is 47.3 Å². The van der Waals surface area contributed by atoms with Crippen LogP contribution in [0.5, 0.6) is 5.75 Å². The van der Waals surface area contributed by atoms with Gasteiger partial charge in [-0.15, -0.1) is 0 Å². The molecule has 0 fully saturated rings. The Morgan fingerprint density at radius 1 is 1.43 bits per heavy atom. The highest BCUT2D eigenvalue weighted by Gasteiger charge is 2.19. The van der Waals surface area contributed by atoms with Crippen molar-refractivity contribution in [3.63, 3.8) is 0 Å². The van der Waals surface area contributed by atoms with Crippen LogP contribution in [-0.4, -0.2) is 15.5 Å². The second-order valence-electron chi connectivity index (χ2n) is 2.36. The van der Waals surface area contributed by atoms with Crippen molar-refractivity contribution in [3.05, 3.63) is 21.6 Å². The van der Waals surface area contributed by atoms with Crippen LogP contribution in [0, 0.1) is 0 Å². The molecule has 0 aromatic heterocycles. The quantitative estimate of drug-likeness (QED) is 0.787. The minimum Gasteiger partial charge on any atom is -0.495 e. The molecule has 0 bridgehead atoms. The zero-order valence-corrected chi connectivity index (χ0v) is 10.8. The Morgan fingerprint density at radius 2 is 2.00 bits per heavy atom. The fraction of sp³-hybridized carbons (Fsp3) is 0.143. The molecule has 1 rings (SSSR count). The highest BCUT2D eigenvalue weighted by molar-refractivity contribution is 9.10. The minimum absolute atomic E-state index is 0.0225. The van der Waals surface area contributed by atoms with Gasteiger partial charge in [-0.3, -0.25) is 0 Å². The summed E-state index contributed by atoms with van der Waals surface area (Å²) in [6, 6.07) is 2.86. The molecule has 1 aromatic rings. The Morgan fingerprint density at radius 3 is 2.43 bits per heavy atom. The van der Waals surface area contributed by atoms with Crippen LogP contribution in [0.3, 0.4) is 0 Å². The molecule has 0 unspecified atom stereocenters. The summed E-state index contributed by atoms with van der Waals surface area (Å²) >= 11 is 8.87. The highest BCUT2D eigenvalue weighted by atomic mass is 79.9. The lowest BCUT2D eigenvalue weighted by Gasteiger charge is -2.06.